The summed E-state index contributed by atoms with van der Waals surface area (Å²) in [5.74, 6) is -0.345. The monoisotopic (exact) mass is 385 g/mol. The van der Waals surface area contributed by atoms with E-state index in [2.05, 4.69) is 5.32 Å². The van der Waals surface area contributed by atoms with Crippen molar-refractivity contribution in [3.63, 3.8) is 0 Å². The van der Waals surface area contributed by atoms with Crippen molar-refractivity contribution in [2.75, 3.05) is 24.3 Å². The van der Waals surface area contributed by atoms with Gasteiger partial charge in [0, 0.05) is 35.9 Å². The first-order valence-electron chi connectivity index (χ1n) is 8.98. The number of anilines is 2. The Morgan fingerprint density at radius 2 is 1.89 bits per heavy atom. The maximum absolute atomic E-state index is 12.7. The fraction of sp³-hybridized carbons (Fsp3) is 0.350. The number of amides is 1. The Kier molecular flexibility index (Phi) is 6.01. The lowest BCUT2D eigenvalue weighted by molar-refractivity contribution is -0.384. The number of nitrogens with zero attached hydrogens (tertiary/aromatic N) is 2. The largest absolute Gasteiger partial charge is 0.372 e. The van der Waals surface area contributed by atoms with Crippen LogP contribution in [0, 0.1) is 10.1 Å². The minimum absolute atomic E-state index is 0.0822. The summed E-state index contributed by atoms with van der Waals surface area (Å²) < 4.78 is 0. The Bertz CT molecular complexity index is 848. The summed E-state index contributed by atoms with van der Waals surface area (Å²) in [6.45, 7) is 0. The van der Waals surface area contributed by atoms with Crippen molar-refractivity contribution >= 4 is 34.7 Å². The van der Waals surface area contributed by atoms with Crippen LogP contribution in [0.3, 0.4) is 0 Å². The van der Waals surface area contributed by atoms with Gasteiger partial charge in [-0.2, -0.15) is 0 Å². The molecule has 1 saturated carbocycles. The molecule has 0 spiro atoms. The molecule has 2 aromatic rings. The molecular weight excluding hydrogens is 362 g/mol. The van der Waals surface area contributed by atoms with Gasteiger partial charge in [-0.15, -0.1) is 11.8 Å². The summed E-state index contributed by atoms with van der Waals surface area (Å²) >= 11 is 1.80. The number of rotatable bonds is 6. The predicted molar refractivity (Wildman–Crippen MR) is 110 cm³/mol. The molecule has 1 fully saturated rings. The molecule has 0 atom stereocenters. The molecular formula is C20H23N3O3S. The van der Waals surface area contributed by atoms with Gasteiger partial charge < -0.3 is 10.2 Å². The third-order valence-electron chi connectivity index (χ3n) is 4.65. The minimum Gasteiger partial charge on any atom is -0.372 e. The van der Waals surface area contributed by atoms with E-state index in [9.17, 15) is 14.9 Å². The van der Waals surface area contributed by atoms with Crippen molar-refractivity contribution in [2.24, 2.45) is 0 Å². The number of hydrogen-bond acceptors (Lipinski definition) is 5. The van der Waals surface area contributed by atoms with Crippen molar-refractivity contribution < 1.29 is 9.72 Å². The van der Waals surface area contributed by atoms with Crippen LogP contribution in [0.4, 0.5) is 17.1 Å². The highest BCUT2D eigenvalue weighted by atomic mass is 32.2. The van der Waals surface area contributed by atoms with Gasteiger partial charge in [-0.05, 0) is 37.1 Å². The molecule has 142 valence electrons. The molecule has 0 aliphatic heterocycles. The Morgan fingerprint density at radius 1 is 1.19 bits per heavy atom. The first kappa shape index (κ1) is 19.2. The van der Waals surface area contributed by atoms with Crippen LogP contribution < -0.4 is 10.2 Å². The molecule has 1 aliphatic rings. The SMILES string of the molecule is CN(C)c1ccc(C(=O)Nc2ccccc2SC2CCCC2)cc1[N+](=O)[O-]. The molecule has 0 radical (unpaired) electrons. The molecule has 27 heavy (non-hydrogen) atoms. The fourth-order valence-corrected chi connectivity index (χ4v) is 4.57. The van der Waals surface area contributed by atoms with Gasteiger partial charge >= 0.3 is 0 Å². The van der Waals surface area contributed by atoms with Crippen molar-refractivity contribution in [3.8, 4) is 0 Å². The number of nitro groups is 1. The smallest absolute Gasteiger partial charge is 0.293 e. The number of carbonyl (C=O) groups is 1. The average molecular weight is 385 g/mol. The molecule has 0 aromatic heterocycles. The first-order chi connectivity index (χ1) is 13.0. The lowest BCUT2D eigenvalue weighted by atomic mass is 10.1. The number of hydrogen-bond donors (Lipinski definition) is 1. The number of benzene rings is 2. The van der Waals surface area contributed by atoms with Crippen LogP contribution in [-0.4, -0.2) is 30.2 Å². The zero-order valence-electron chi connectivity index (χ0n) is 15.5. The van der Waals surface area contributed by atoms with E-state index < -0.39 is 4.92 Å². The van der Waals surface area contributed by atoms with Crippen molar-refractivity contribution in [2.45, 2.75) is 35.8 Å². The van der Waals surface area contributed by atoms with Crippen molar-refractivity contribution in [3.05, 3.63) is 58.1 Å². The molecule has 1 N–H and O–H groups in total. The maximum atomic E-state index is 12.7. The van der Waals surface area contributed by atoms with Crippen LogP contribution in [0.5, 0.6) is 0 Å². The van der Waals surface area contributed by atoms with Gasteiger partial charge in [-0.25, -0.2) is 0 Å². The molecule has 7 heteroatoms. The van der Waals surface area contributed by atoms with E-state index in [1.807, 2.05) is 24.3 Å². The van der Waals surface area contributed by atoms with Gasteiger partial charge in [-0.1, -0.05) is 25.0 Å². The molecule has 1 aliphatic carbocycles. The molecule has 6 nitrogen and oxygen atoms in total. The highest BCUT2D eigenvalue weighted by Crippen LogP contribution is 2.38. The molecule has 1 amide bonds. The Hall–Kier alpha value is -2.54. The summed E-state index contributed by atoms with van der Waals surface area (Å²) in [7, 11) is 3.47. The average Bonchev–Trinajstić information content (AvgIpc) is 3.15. The van der Waals surface area contributed by atoms with Gasteiger partial charge in [0.15, 0.2) is 0 Å². The normalized spacial score (nSPS) is 14.1. The summed E-state index contributed by atoms with van der Waals surface area (Å²) in [6.07, 6.45) is 4.92. The number of nitro benzene ring substituents is 1. The van der Waals surface area contributed by atoms with E-state index in [0.29, 0.717) is 10.9 Å². The summed E-state index contributed by atoms with van der Waals surface area (Å²) in [4.78, 5) is 26.3. The van der Waals surface area contributed by atoms with Gasteiger partial charge in [0.2, 0.25) is 0 Å². The van der Waals surface area contributed by atoms with Crippen LogP contribution in [0.15, 0.2) is 47.4 Å². The van der Waals surface area contributed by atoms with Gasteiger partial charge in [0.25, 0.3) is 11.6 Å². The van der Waals surface area contributed by atoms with Gasteiger partial charge in [0.05, 0.1) is 10.6 Å². The molecule has 0 unspecified atom stereocenters. The lowest BCUT2D eigenvalue weighted by Crippen LogP contribution is -2.15. The zero-order valence-corrected chi connectivity index (χ0v) is 16.3. The van der Waals surface area contributed by atoms with Crippen LogP contribution >= 0.6 is 11.8 Å². The lowest BCUT2D eigenvalue weighted by Gasteiger charge is -2.15. The van der Waals surface area contributed by atoms with Crippen LogP contribution in [0.2, 0.25) is 0 Å². The summed E-state index contributed by atoms with van der Waals surface area (Å²) in [5.41, 5.74) is 1.40. The maximum Gasteiger partial charge on any atom is 0.293 e. The number of thioether (sulfide) groups is 1. The topological polar surface area (TPSA) is 75.5 Å². The quantitative estimate of drug-likeness (QED) is 0.562. The second kappa shape index (κ2) is 8.43. The third-order valence-corrected chi connectivity index (χ3v) is 6.06. The van der Waals surface area contributed by atoms with Crippen molar-refractivity contribution in [1.82, 2.24) is 0 Å². The van der Waals surface area contributed by atoms with Gasteiger partial charge in [-0.3, -0.25) is 14.9 Å². The third kappa shape index (κ3) is 4.60. The summed E-state index contributed by atoms with van der Waals surface area (Å²) in [5, 5.41) is 14.9. The molecule has 3 rings (SSSR count). The highest BCUT2D eigenvalue weighted by molar-refractivity contribution is 8.00. The number of carbonyl (C=O) groups excluding carboxylic acids is 1. The Balaban J connectivity index is 1.81. The second-order valence-corrected chi connectivity index (χ2v) is 8.17. The van der Waals surface area contributed by atoms with Crippen LogP contribution in [0.1, 0.15) is 36.0 Å². The van der Waals surface area contributed by atoms with Crippen LogP contribution in [0.25, 0.3) is 0 Å². The predicted octanol–water partition coefficient (Wildman–Crippen LogP) is 4.95. The van der Waals surface area contributed by atoms with E-state index >= 15 is 0 Å². The van der Waals surface area contributed by atoms with E-state index in [-0.39, 0.29) is 17.2 Å². The molecule has 0 heterocycles. The standard InChI is InChI=1S/C20H23N3O3S/c1-22(2)17-12-11-14(13-18(17)23(25)26)20(24)21-16-9-5-6-10-19(16)27-15-7-3-4-8-15/h5-6,9-13,15H,3-4,7-8H2,1-2H3,(H,21,24). The first-order valence-corrected chi connectivity index (χ1v) is 9.86. The van der Waals surface area contributed by atoms with E-state index in [1.54, 1.807) is 42.9 Å². The minimum atomic E-state index is -0.462. The molecule has 0 saturated heterocycles. The highest BCUT2D eigenvalue weighted by Gasteiger charge is 2.21. The summed E-state index contributed by atoms with van der Waals surface area (Å²) in [6, 6.07) is 12.3. The number of para-hydroxylation sites is 1. The Labute approximate surface area is 163 Å². The van der Waals surface area contributed by atoms with E-state index in [1.165, 1.54) is 31.7 Å². The van der Waals surface area contributed by atoms with E-state index in [4.69, 9.17) is 0 Å². The molecule has 0 bridgehead atoms. The van der Waals surface area contributed by atoms with Crippen molar-refractivity contribution in [1.29, 1.82) is 0 Å². The zero-order chi connectivity index (χ0) is 19.4. The Morgan fingerprint density at radius 3 is 2.56 bits per heavy atom. The number of nitrogens with one attached hydrogen (secondary N) is 1. The van der Waals surface area contributed by atoms with E-state index in [0.717, 1.165) is 10.6 Å². The van der Waals surface area contributed by atoms with Gasteiger partial charge in [0.1, 0.15) is 5.69 Å². The van der Waals surface area contributed by atoms with Crippen LogP contribution in [-0.2, 0) is 0 Å². The molecule has 2 aromatic carbocycles. The fourth-order valence-electron chi connectivity index (χ4n) is 3.24. The second-order valence-electron chi connectivity index (χ2n) is 6.83.